The third-order valence-electron chi connectivity index (χ3n) is 4.74. The maximum Gasteiger partial charge on any atom is 0.416 e. The van der Waals surface area contributed by atoms with Crippen molar-refractivity contribution < 1.29 is 18.0 Å². The van der Waals surface area contributed by atoms with E-state index in [2.05, 4.69) is 10.3 Å². The fraction of sp³-hybridized carbons (Fsp3) is 0.318. The van der Waals surface area contributed by atoms with Crippen LogP contribution in [0.3, 0.4) is 0 Å². The van der Waals surface area contributed by atoms with Crippen molar-refractivity contribution in [2.45, 2.75) is 32.4 Å². The molecule has 0 aliphatic heterocycles. The number of amides is 1. The van der Waals surface area contributed by atoms with Crippen molar-refractivity contribution in [3.8, 4) is 0 Å². The van der Waals surface area contributed by atoms with Crippen LogP contribution in [0.2, 0.25) is 0 Å². The highest BCUT2D eigenvalue weighted by atomic mass is 19.4. The largest absolute Gasteiger partial charge is 0.416 e. The highest BCUT2D eigenvalue weighted by Crippen LogP contribution is 2.40. The number of aromatic amines is 1. The average molecular weight is 388 g/mol. The van der Waals surface area contributed by atoms with Gasteiger partial charge in [-0.2, -0.15) is 13.2 Å². The lowest BCUT2D eigenvalue weighted by atomic mass is 9.85. The second kappa shape index (κ2) is 8.09. The summed E-state index contributed by atoms with van der Waals surface area (Å²) in [5.41, 5.74) is 0.919. The molecule has 0 aliphatic carbocycles. The number of aromatic nitrogens is 1. The van der Waals surface area contributed by atoms with E-state index in [0.29, 0.717) is 12.1 Å². The van der Waals surface area contributed by atoms with Crippen LogP contribution in [0.5, 0.6) is 0 Å². The summed E-state index contributed by atoms with van der Waals surface area (Å²) in [4.78, 5) is 15.6. The molecule has 2 N–H and O–H groups in total. The van der Waals surface area contributed by atoms with E-state index in [4.69, 9.17) is 0 Å². The predicted molar refractivity (Wildman–Crippen MR) is 104 cm³/mol. The van der Waals surface area contributed by atoms with E-state index in [0.717, 1.165) is 17.0 Å². The molecule has 0 saturated carbocycles. The summed E-state index contributed by atoms with van der Waals surface area (Å²) in [5, 5.41) is 3.64. The second-order valence-corrected chi connectivity index (χ2v) is 7.33. The maximum atomic E-state index is 13.6. The van der Waals surface area contributed by atoms with Crippen molar-refractivity contribution >= 4 is 16.8 Å². The predicted octanol–water partition coefficient (Wildman–Crippen LogP) is 5.48. The lowest BCUT2D eigenvalue weighted by molar-refractivity contribution is -0.138. The Bertz CT molecular complexity index is 960. The lowest BCUT2D eigenvalue weighted by Gasteiger charge is -2.22. The zero-order valence-corrected chi connectivity index (χ0v) is 15.8. The zero-order valence-electron chi connectivity index (χ0n) is 15.8. The van der Waals surface area contributed by atoms with Crippen LogP contribution in [0.4, 0.5) is 13.2 Å². The average Bonchev–Trinajstić information content (AvgIpc) is 3.08. The zero-order chi connectivity index (χ0) is 20.3. The lowest BCUT2D eigenvalue weighted by Crippen LogP contribution is -2.29. The van der Waals surface area contributed by atoms with E-state index >= 15 is 0 Å². The van der Waals surface area contributed by atoms with Crippen molar-refractivity contribution in [3.05, 3.63) is 71.4 Å². The van der Waals surface area contributed by atoms with E-state index in [9.17, 15) is 18.0 Å². The minimum Gasteiger partial charge on any atom is -0.361 e. The smallest absolute Gasteiger partial charge is 0.361 e. The molecule has 0 unspecified atom stereocenters. The Morgan fingerprint density at radius 3 is 2.43 bits per heavy atom. The Labute approximate surface area is 162 Å². The molecule has 0 saturated heterocycles. The molecule has 0 spiro atoms. The molecular weight excluding hydrogens is 365 g/mol. The van der Waals surface area contributed by atoms with E-state index < -0.39 is 17.7 Å². The van der Waals surface area contributed by atoms with Crippen LogP contribution < -0.4 is 5.32 Å². The van der Waals surface area contributed by atoms with Crippen LogP contribution in [-0.4, -0.2) is 17.4 Å². The molecule has 0 radical (unpaired) electrons. The summed E-state index contributed by atoms with van der Waals surface area (Å²) in [6, 6.07) is 12.9. The molecule has 28 heavy (non-hydrogen) atoms. The molecule has 3 rings (SSSR count). The molecule has 1 heterocycles. The molecule has 0 aliphatic rings. The molecule has 1 aromatic heterocycles. The number of para-hydroxylation sites is 1. The molecule has 6 heteroatoms. The van der Waals surface area contributed by atoms with Crippen molar-refractivity contribution in [2.75, 3.05) is 6.54 Å². The Kier molecular flexibility index (Phi) is 5.77. The van der Waals surface area contributed by atoms with Gasteiger partial charge >= 0.3 is 6.18 Å². The topological polar surface area (TPSA) is 44.9 Å². The molecule has 0 fully saturated rings. The second-order valence-electron chi connectivity index (χ2n) is 7.33. The minimum absolute atomic E-state index is 0.0539. The summed E-state index contributed by atoms with van der Waals surface area (Å²) in [5.74, 6) is -0.708. The number of alkyl halides is 3. The van der Waals surface area contributed by atoms with Gasteiger partial charge in [-0.3, -0.25) is 4.79 Å². The summed E-state index contributed by atoms with van der Waals surface area (Å²) in [6.07, 6.45) is -2.84. The molecule has 1 amide bonds. The maximum absolute atomic E-state index is 13.6. The van der Waals surface area contributed by atoms with Gasteiger partial charge < -0.3 is 10.3 Å². The number of hydrogen-bond acceptors (Lipinski definition) is 1. The monoisotopic (exact) mass is 388 g/mol. The summed E-state index contributed by atoms with van der Waals surface area (Å²) >= 11 is 0. The first-order chi connectivity index (χ1) is 13.3. The number of halogens is 3. The van der Waals surface area contributed by atoms with Gasteiger partial charge in [0.25, 0.3) is 0 Å². The Morgan fingerprint density at radius 1 is 1.04 bits per heavy atom. The number of rotatable bonds is 6. The molecule has 3 aromatic rings. The quantitative estimate of drug-likeness (QED) is 0.577. The number of hydrogen-bond donors (Lipinski definition) is 2. The highest BCUT2D eigenvalue weighted by Gasteiger charge is 2.36. The highest BCUT2D eigenvalue weighted by molar-refractivity contribution is 5.86. The van der Waals surface area contributed by atoms with Crippen LogP contribution in [0, 0.1) is 5.92 Å². The first kappa shape index (κ1) is 20.0. The third-order valence-corrected chi connectivity index (χ3v) is 4.74. The third kappa shape index (κ3) is 4.38. The minimum atomic E-state index is -4.49. The number of carbonyl (C=O) groups excluding carboxylic acids is 1. The van der Waals surface area contributed by atoms with Gasteiger partial charge in [-0.15, -0.1) is 0 Å². The molecule has 148 valence electrons. The SMILES string of the molecule is CC(C)CNC(=O)C[C@@H](c1ccccc1C(F)(F)F)c1c[nH]c2ccccc12. The van der Waals surface area contributed by atoms with E-state index in [1.54, 1.807) is 12.3 Å². The van der Waals surface area contributed by atoms with Gasteiger partial charge in [-0.05, 0) is 29.2 Å². The van der Waals surface area contributed by atoms with Gasteiger partial charge in [0.15, 0.2) is 0 Å². The fourth-order valence-corrected chi connectivity index (χ4v) is 3.40. The van der Waals surface area contributed by atoms with Gasteiger partial charge in [0.2, 0.25) is 5.91 Å². The van der Waals surface area contributed by atoms with Crippen LogP contribution in [0.25, 0.3) is 10.9 Å². The first-order valence-corrected chi connectivity index (χ1v) is 9.26. The Balaban J connectivity index is 2.07. The van der Waals surface area contributed by atoms with Crippen molar-refractivity contribution in [2.24, 2.45) is 5.92 Å². The van der Waals surface area contributed by atoms with Crippen LogP contribution in [0.1, 0.15) is 42.9 Å². The standard InChI is InChI=1S/C22H23F3N2O/c1-14(2)12-27-21(28)11-17(15-7-3-5-9-19(15)22(23,24)25)18-13-26-20-10-6-4-8-16(18)20/h3-10,13-14,17,26H,11-12H2,1-2H3,(H,27,28)/t17-/m0/s1. The molecule has 2 aromatic carbocycles. The van der Waals surface area contributed by atoms with E-state index in [1.807, 2.05) is 38.1 Å². The summed E-state index contributed by atoms with van der Waals surface area (Å²) in [7, 11) is 0. The van der Waals surface area contributed by atoms with Crippen molar-refractivity contribution in [1.29, 1.82) is 0 Å². The number of benzene rings is 2. The Morgan fingerprint density at radius 2 is 1.71 bits per heavy atom. The van der Waals surface area contributed by atoms with Crippen LogP contribution in [-0.2, 0) is 11.0 Å². The normalized spacial score (nSPS) is 13.1. The molecular formula is C22H23F3N2O. The summed E-state index contributed by atoms with van der Waals surface area (Å²) < 4.78 is 40.9. The van der Waals surface area contributed by atoms with Crippen molar-refractivity contribution in [1.82, 2.24) is 10.3 Å². The summed E-state index contributed by atoms with van der Waals surface area (Å²) in [6.45, 7) is 4.42. The van der Waals surface area contributed by atoms with Gasteiger partial charge in [0, 0.05) is 36.0 Å². The van der Waals surface area contributed by atoms with Gasteiger partial charge in [0.05, 0.1) is 5.56 Å². The number of H-pyrrole nitrogens is 1. The van der Waals surface area contributed by atoms with Gasteiger partial charge in [-0.1, -0.05) is 50.2 Å². The van der Waals surface area contributed by atoms with Crippen LogP contribution >= 0.6 is 0 Å². The number of carbonyl (C=O) groups is 1. The molecule has 0 bridgehead atoms. The Hall–Kier alpha value is -2.76. The van der Waals surface area contributed by atoms with Crippen LogP contribution in [0.15, 0.2) is 54.7 Å². The van der Waals surface area contributed by atoms with Gasteiger partial charge in [0.1, 0.15) is 0 Å². The number of fused-ring (bicyclic) bond motifs is 1. The molecule has 1 atom stereocenters. The first-order valence-electron chi connectivity index (χ1n) is 9.26. The fourth-order valence-electron chi connectivity index (χ4n) is 3.40. The number of nitrogens with one attached hydrogen (secondary N) is 2. The molecule has 3 nitrogen and oxygen atoms in total. The van der Waals surface area contributed by atoms with E-state index in [-0.39, 0.29) is 23.8 Å². The van der Waals surface area contributed by atoms with E-state index in [1.165, 1.54) is 12.1 Å². The van der Waals surface area contributed by atoms with Crippen molar-refractivity contribution in [3.63, 3.8) is 0 Å². The van der Waals surface area contributed by atoms with Gasteiger partial charge in [-0.25, -0.2) is 0 Å².